The van der Waals surface area contributed by atoms with Gasteiger partial charge in [-0.25, -0.2) is 15.0 Å². The number of H-pyrrole nitrogens is 1. The van der Waals surface area contributed by atoms with Crippen LogP contribution in [0.4, 0.5) is 5.82 Å². The number of aromatic nitrogens is 4. The first-order valence-corrected chi connectivity index (χ1v) is 10.9. The summed E-state index contributed by atoms with van der Waals surface area (Å²) < 4.78 is 5.69. The van der Waals surface area contributed by atoms with Gasteiger partial charge in [-0.3, -0.25) is 0 Å². The van der Waals surface area contributed by atoms with Gasteiger partial charge in [-0.1, -0.05) is 0 Å². The van der Waals surface area contributed by atoms with E-state index in [1.165, 1.54) is 12.2 Å². The van der Waals surface area contributed by atoms with Gasteiger partial charge in [0.15, 0.2) is 5.82 Å². The van der Waals surface area contributed by atoms with E-state index in [4.69, 9.17) is 14.7 Å². The maximum atomic E-state index is 5.64. The van der Waals surface area contributed by atoms with E-state index in [9.17, 15) is 0 Å². The maximum absolute atomic E-state index is 5.64. The molecule has 0 aromatic carbocycles. The van der Waals surface area contributed by atoms with Crippen LogP contribution in [-0.4, -0.2) is 51.5 Å². The maximum Gasteiger partial charge on any atom is 0.162 e. The Hall–Kier alpha value is -2.12. The molecule has 5 heterocycles. The minimum Gasteiger partial charge on any atom is -0.377 e. The number of anilines is 1. The summed E-state index contributed by atoms with van der Waals surface area (Å²) in [5.41, 5.74) is 3.03. The first-order chi connectivity index (χ1) is 13.6. The van der Waals surface area contributed by atoms with Crippen LogP contribution in [0.5, 0.6) is 0 Å². The summed E-state index contributed by atoms with van der Waals surface area (Å²) in [6, 6.07) is 6.58. The lowest BCUT2D eigenvalue weighted by Crippen LogP contribution is -2.44. The first-order valence-electron chi connectivity index (χ1n) is 9.94. The van der Waals surface area contributed by atoms with Gasteiger partial charge in [0.05, 0.1) is 29.7 Å². The van der Waals surface area contributed by atoms with Crippen LogP contribution in [0.2, 0.25) is 0 Å². The number of fused-ring (bicyclic) bond motifs is 1. The smallest absolute Gasteiger partial charge is 0.162 e. The monoisotopic (exact) mass is 395 g/mol. The van der Waals surface area contributed by atoms with Crippen molar-refractivity contribution in [2.75, 3.05) is 30.4 Å². The first kappa shape index (κ1) is 17.9. The molecule has 0 aliphatic carbocycles. The molecule has 2 unspecified atom stereocenters. The largest absolute Gasteiger partial charge is 0.377 e. The molecular weight excluding hydrogens is 370 g/mol. The van der Waals surface area contributed by atoms with Crippen LogP contribution >= 0.6 is 11.8 Å². The molecule has 2 fully saturated rings. The molecule has 3 aromatic rings. The predicted molar refractivity (Wildman–Crippen MR) is 114 cm³/mol. The van der Waals surface area contributed by atoms with Crippen LogP contribution in [0.15, 0.2) is 30.6 Å². The fourth-order valence-electron chi connectivity index (χ4n) is 4.18. The van der Waals surface area contributed by atoms with Crippen LogP contribution in [0.25, 0.3) is 22.4 Å². The van der Waals surface area contributed by atoms with Crippen LogP contribution in [0, 0.1) is 0 Å². The van der Waals surface area contributed by atoms with Gasteiger partial charge in [-0.05, 0) is 44.6 Å². The quantitative estimate of drug-likeness (QED) is 0.723. The summed E-state index contributed by atoms with van der Waals surface area (Å²) in [5.74, 6) is 2.98. The van der Waals surface area contributed by atoms with Crippen molar-refractivity contribution in [2.45, 2.75) is 37.5 Å². The molecule has 0 radical (unpaired) electrons. The van der Waals surface area contributed by atoms with Gasteiger partial charge >= 0.3 is 0 Å². The Morgan fingerprint density at radius 1 is 1.32 bits per heavy atom. The van der Waals surface area contributed by atoms with Crippen molar-refractivity contribution in [3.8, 4) is 11.4 Å². The average Bonchev–Trinajstić information content (AvgIpc) is 3.37. The Labute approximate surface area is 169 Å². The summed E-state index contributed by atoms with van der Waals surface area (Å²) in [5, 5.41) is 1.06. The highest BCUT2D eigenvalue weighted by molar-refractivity contribution is 8.00. The van der Waals surface area contributed by atoms with Gasteiger partial charge in [0.2, 0.25) is 0 Å². The molecule has 0 saturated carbocycles. The molecule has 0 spiro atoms. The van der Waals surface area contributed by atoms with Gasteiger partial charge < -0.3 is 14.6 Å². The van der Waals surface area contributed by atoms with E-state index < -0.39 is 0 Å². The Kier molecular flexibility index (Phi) is 4.51. The molecule has 0 bridgehead atoms. The van der Waals surface area contributed by atoms with Gasteiger partial charge in [0, 0.05) is 36.0 Å². The average molecular weight is 396 g/mol. The second-order valence-corrected chi connectivity index (χ2v) is 9.43. The molecule has 28 heavy (non-hydrogen) atoms. The standard InChI is InChI=1S/C21H25N5OS/c1-14-13-27-10-9-26(14)18-12-17(21(2)6-3-11-28-21)24-20(25-18)16-5-8-23-19-15(16)4-7-22-19/h4-5,7-8,12,14H,3,6,9-11,13H2,1-2H3,(H,22,23). The van der Waals surface area contributed by atoms with Gasteiger partial charge in [0.25, 0.3) is 0 Å². The molecule has 0 amide bonds. The van der Waals surface area contributed by atoms with Crippen LogP contribution < -0.4 is 4.90 Å². The third kappa shape index (κ3) is 3.06. The van der Waals surface area contributed by atoms with Crippen LogP contribution in [0.3, 0.4) is 0 Å². The lowest BCUT2D eigenvalue weighted by Gasteiger charge is -2.35. The SMILES string of the molecule is CC1COCCN1c1cc(C2(C)CCCS2)nc(-c2ccnc3[nH]ccc23)n1. The minimum atomic E-state index is 0.0479. The molecule has 7 heteroatoms. The Balaban J connectivity index is 1.68. The van der Waals surface area contributed by atoms with E-state index in [2.05, 4.69) is 40.8 Å². The van der Waals surface area contributed by atoms with E-state index in [-0.39, 0.29) is 4.75 Å². The van der Waals surface area contributed by atoms with E-state index in [1.54, 1.807) is 0 Å². The highest BCUT2D eigenvalue weighted by Gasteiger charge is 2.34. The van der Waals surface area contributed by atoms with Crippen molar-refractivity contribution >= 4 is 28.6 Å². The fraction of sp³-hybridized carbons (Fsp3) is 0.476. The lowest BCUT2D eigenvalue weighted by molar-refractivity contribution is 0.0985. The van der Waals surface area contributed by atoms with Gasteiger partial charge in [-0.15, -0.1) is 11.8 Å². The highest BCUT2D eigenvalue weighted by Crippen LogP contribution is 2.46. The Bertz CT molecular complexity index is 997. The molecular formula is C21H25N5OS. The molecule has 1 N–H and O–H groups in total. The van der Waals surface area contributed by atoms with Crippen molar-refractivity contribution in [1.29, 1.82) is 0 Å². The molecule has 2 aliphatic rings. The summed E-state index contributed by atoms with van der Waals surface area (Å²) in [6.07, 6.45) is 6.14. The number of aromatic amines is 1. The second kappa shape index (κ2) is 7.04. The number of morpholine rings is 1. The summed E-state index contributed by atoms with van der Waals surface area (Å²) >= 11 is 2.01. The third-order valence-corrected chi connectivity index (χ3v) is 7.38. The zero-order chi connectivity index (χ0) is 19.1. The number of ether oxygens (including phenoxy) is 1. The molecule has 2 atom stereocenters. The number of rotatable bonds is 3. The number of pyridine rings is 1. The van der Waals surface area contributed by atoms with Crippen molar-refractivity contribution in [1.82, 2.24) is 19.9 Å². The Morgan fingerprint density at radius 2 is 2.25 bits per heavy atom. The van der Waals surface area contributed by atoms with Crippen molar-refractivity contribution < 1.29 is 4.74 Å². The van der Waals surface area contributed by atoms with E-state index in [1.807, 2.05) is 30.2 Å². The van der Waals surface area contributed by atoms with E-state index in [0.717, 1.165) is 60.1 Å². The predicted octanol–water partition coefficient (Wildman–Crippen LogP) is 3.99. The van der Waals surface area contributed by atoms with Crippen LogP contribution in [-0.2, 0) is 9.48 Å². The minimum absolute atomic E-state index is 0.0479. The van der Waals surface area contributed by atoms with Crippen molar-refractivity contribution in [2.24, 2.45) is 0 Å². The molecule has 146 valence electrons. The Morgan fingerprint density at radius 3 is 3.07 bits per heavy atom. The summed E-state index contributed by atoms with van der Waals surface area (Å²) in [4.78, 5) is 20.1. The lowest BCUT2D eigenvalue weighted by atomic mass is 10.0. The number of hydrogen-bond acceptors (Lipinski definition) is 6. The second-order valence-electron chi connectivity index (χ2n) is 7.83. The van der Waals surface area contributed by atoms with E-state index in [0.29, 0.717) is 6.04 Å². The molecule has 5 rings (SSSR count). The van der Waals surface area contributed by atoms with Crippen LogP contribution in [0.1, 0.15) is 32.4 Å². The number of thioether (sulfide) groups is 1. The topological polar surface area (TPSA) is 66.9 Å². The third-order valence-electron chi connectivity index (χ3n) is 5.84. The number of hydrogen-bond donors (Lipinski definition) is 1. The summed E-state index contributed by atoms with van der Waals surface area (Å²) in [7, 11) is 0. The van der Waals surface area contributed by atoms with E-state index >= 15 is 0 Å². The summed E-state index contributed by atoms with van der Waals surface area (Å²) in [6.45, 7) is 6.85. The highest BCUT2D eigenvalue weighted by atomic mass is 32.2. The normalized spacial score (nSPS) is 25.5. The van der Waals surface area contributed by atoms with Crippen molar-refractivity contribution in [3.05, 3.63) is 36.3 Å². The van der Waals surface area contributed by atoms with Gasteiger partial charge in [-0.2, -0.15) is 0 Å². The molecule has 3 aromatic heterocycles. The molecule has 2 saturated heterocycles. The molecule has 2 aliphatic heterocycles. The fourth-order valence-corrected chi connectivity index (χ4v) is 5.46. The number of nitrogens with one attached hydrogen (secondary N) is 1. The zero-order valence-electron chi connectivity index (χ0n) is 16.3. The number of nitrogens with zero attached hydrogens (tertiary/aromatic N) is 4. The van der Waals surface area contributed by atoms with Gasteiger partial charge in [0.1, 0.15) is 11.5 Å². The zero-order valence-corrected chi connectivity index (χ0v) is 17.1. The molecule has 6 nitrogen and oxygen atoms in total. The van der Waals surface area contributed by atoms with Crippen molar-refractivity contribution in [3.63, 3.8) is 0 Å².